The van der Waals surface area contributed by atoms with Crippen LogP contribution in [0.5, 0.6) is 11.5 Å². The number of para-hydroxylation sites is 1. The molecule has 10 heteroatoms. The Kier molecular flexibility index (Phi) is 9.83. The van der Waals surface area contributed by atoms with E-state index in [0.717, 1.165) is 5.56 Å². The predicted octanol–water partition coefficient (Wildman–Crippen LogP) is 2.90. The minimum atomic E-state index is -2.93. The van der Waals surface area contributed by atoms with E-state index >= 15 is 0 Å². The molecule has 0 saturated carbocycles. The van der Waals surface area contributed by atoms with E-state index < -0.39 is 6.61 Å². The van der Waals surface area contributed by atoms with Crippen molar-refractivity contribution in [2.24, 2.45) is 12.0 Å². The van der Waals surface area contributed by atoms with E-state index in [9.17, 15) is 8.78 Å². The molecule has 0 unspecified atom stereocenters. The van der Waals surface area contributed by atoms with Gasteiger partial charge in [0.15, 0.2) is 17.5 Å². The van der Waals surface area contributed by atoms with Crippen molar-refractivity contribution in [1.82, 2.24) is 20.4 Å². The minimum absolute atomic E-state index is 0. The summed E-state index contributed by atoms with van der Waals surface area (Å²) in [6.45, 7) is -0.0207. The van der Waals surface area contributed by atoms with Gasteiger partial charge in [0.25, 0.3) is 0 Å². The average Bonchev–Trinajstić information content (AvgIpc) is 3.02. The summed E-state index contributed by atoms with van der Waals surface area (Å²) in [5.74, 6) is 0.837. The van der Waals surface area contributed by atoms with Crippen molar-refractivity contribution in [1.29, 1.82) is 0 Å². The van der Waals surface area contributed by atoms with E-state index in [4.69, 9.17) is 4.74 Å². The number of nitrogens with one attached hydrogen (secondary N) is 2. The van der Waals surface area contributed by atoms with Crippen molar-refractivity contribution < 1.29 is 18.3 Å². The lowest BCUT2D eigenvalue weighted by atomic mass is 10.2. The Morgan fingerprint density at radius 1 is 1.30 bits per heavy atom. The Morgan fingerprint density at radius 2 is 2.04 bits per heavy atom. The fraction of sp³-hybridized carbons (Fsp3) is 0.412. The number of benzene rings is 1. The van der Waals surface area contributed by atoms with Gasteiger partial charge in [-0.1, -0.05) is 12.1 Å². The number of rotatable bonds is 8. The van der Waals surface area contributed by atoms with E-state index in [1.807, 2.05) is 13.2 Å². The fourth-order valence-corrected chi connectivity index (χ4v) is 2.34. The van der Waals surface area contributed by atoms with Crippen LogP contribution in [0, 0.1) is 0 Å². The van der Waals surface area contributed by atoms with Gasteiger partial charge in [0.2, 0.25) is 0 Å². The van der Waals surface area contributed by atoms with Crippen molar-refractivity contribution in [3.63, 3.8) is 0 Å². The van der Waals surface area contributed by atoms with Crippen LogP contribution in [0.4, 0.5) is 8.78 Å². The third-order valence-corrected chi connectivity index (χ3v) is 3.46. The van der Waals surface area contributed by atoms with Gasteiger partial charge in [-0.25, -0.2) is 0 Å². The number of ether oxygens (including phenoxy) is 2. The first-order valence-corrected chi connectivity index (χ1v) is 8.15. The Morgan fingerprint density at radius 3 is 2.63 bits per heavy atom. The SMILES string of the molecule is CCOc1cccc(CNC(=NC)NCc2cnn(C)c2)c1OC(F)F.I. The molecule has 0 fully saturated rings. The van der Waals surface area contributed by atoms with Crippen LogP contribution in [-0.4, -0.2) is 36.0 Å². The van der Waals surface area contributed by atoms with Gasteiger partial charge in [0, 0.05) is 44.5 Å². The maximum absolute atomic E-state index is 12.8. The number of alkyl halides is 2. The number of guanidine groups is 1. The van der Waals surface area contributed by atoms with Crippen LogP contribution >= 0.6 is 24.0 Å². The molecule has 0 bridgehead atoms. The number of hydrogen-bond donors (Lipinski definition) is 2. The molecule has 0 spiro atoms. The normalized spacial score (nSPS) is 11.1. The second kappa shape index (κ2) is 11.6. The van der Waals surface area contributed by atoms with Gasteiger partial charge in [0.05, 0.1) is 12.8 Å². The third kappa shape index (κ3) is 7.19. The average molecular weight is 495 g/mol. The molecule has 0 aliphatic heterocycles. The molecule has 2 aromatic rings. The number of halogens is 3. The molecule has 1 aromatic heterocycles. The second-order valence-corrected chi connectivity index (χ2v) is 5.36. The number of hydrogen-bond acceptors (Lipinski definition) is 4. The van der Waals surface area contributed by atoms with Gasteiger partial charge in [0.1, 0.15) is 0 Å². The van der Waals surface area contributed by atoms with Gasteiger partial charge in [-0.05, 0) is 13.0 Å². The predicted molar refractivity (Wildman–Crippen MR) is 110 cm³/mol. The highest BCUT2D eigenvalue weighted by molar-refractivity contribution is 14.0. The van der Waals surface area contributed by atoms with Crippen LogP contribution in [0.1, 0.15) is 18.1 Å². The van der Waals surface area contributed by atoms with Gasteiger partial charge in [-0.15, -0.1) is 24.0 Å². The summed E-state index contributed by atoms with van der Waals surface area (Å²) in [4.78, 5) is 4.12. The van der Waals surface area contributed by atoms with E-state index in [1.54, 1.807) is 43.0 Å². The van der Waals surface area contributed by atoms with Crippen molar-refractivity contribution >= 4 is 29.9 Å². The lowest BCUT2D eigenvalue weighted by Crippen LogP contribution is -2.36. The van der Waals surface area contributed by atoms with Crippen LogP contribution in [0.15, 0.2) is 35.6 Å². The molecule has 7 nitrogen and oxygen atoms in total. The molecule has 1 aromatic carbocycles. The Hall–Kier alpha value is -2.11. The minimum Gasteiger partial charge on any atom is -0.490 e. The largest absolute Gasteiger partial charge is 0.490 e. The standard InChI is InChI=1S/C17H23F2N5O2.HI/c1-4-25-14-7-5-6-13(15(14)26-16(18)19)10-22-17(20-2)21-8-12-9-23-24(3)11-12;/h5-7,9,11,16H,4,8,10H2,1-3H3,(H2,20,21,22);1H. The Labute approximate surface area is 174 Å². The van der Waals surface area contributed by atoms with Gasteiger partial charge < -0.3 is 20.1 Å². The number of aromatic nitrogens is 2. The zero-order valence-electron chi connectivity index (χ0n) is 15.4. The molecular formula is C17H24F2IN5O2. The smallest absolute Gasteiger partial charge is 0.387 e. The second-order valence-electron chi connectivity index (χ2n) is 5.36. The molecule has 0 saturated heterocycles. The Bertz CT molecular complexity index is 740. The first kappa shape index (κ1) is 22.9. The highest BCUT2D eigenvalue weighted by atomic mass is 127. The van der Waals surface area contributed by atoms with E-state index in [-0.39, 0.29) is 42.0 Å². The fourth-order valence-electron chi connectivity index (χ4n) is 2.34. The monoisotopic (exact) mass is 495 g/mol. The summed E-state index contributed by atoms with van der Waals surface area (Å²) in [5, 5.41) is 10.3. The van der Waals surface area contributed by atoms with Crippen molar-refractivity contribution in [3.05, 3.63) is 41.7 Å². The highest BCUT2D eigenvalue weighted by Crippen LogP contribution is 2.32. The van der Waals surface area contributed by atoms with Crippen molar-refractivity contribution in [2.75, 3.05) is 13.7 Å². The van der Waals surface area contributed by atoms with Crippen LogP contribution in [-0.2, 0) is 20.1 Å². The van der Waals surface area contributed by atoms with Gasteiger partial charge in [-0.3, -0.25) is 9.67 Å². The number of aliphatic imine (C=N–C) groups is 1. The summed E-state index contributed by atoms with van der Waals surface area (Å²) in [6.07, 6.45) is 3.64. The van der Waals surface area contributed by atoms with E-state index in [1.165, 1.54) is 0 Å². The quantitative estimate of drug-likeness (QED) is 0.335. The lowest BCUT2D eigenvalue weighted by molar-refractivity contribution is -0.0520. The van der Waals surface area contributed by atoms with Crippen LogP contribution in [0.3, 0.4) is 0 Å². The molecule has 0 aliphatic carbocycles. The number of aryl methyl sites for hydroxylation is 1. The molecule has 0 aliphatic rings. The van der Waals surface area contributed by atoms with Gasteiger partial charge in [-0.2, -0.15) is 13.9 Å². The molecule has 2 rings (SSSR count). The molecule has 0 amide bonds. The first-order chi connectivity index (χ1) is 12.5. The van der Waals surface area contributed by atoms with Crippen LogP contribution < -0.4 is 20.1 Å². The summed E-state index contributed by atoms with van der Waals surface area (Å²) in [6, 6.07) is 5.02. The summed E-state index contributed by atoms with van der Waals surface area (Å²) < 4.78 is 37.3. The van der Waals surface area contributed by atoms with Gasteiger partial charge >= 0.3 is 6.61 Å². The first-order valence-electron chi connectivity index (χ1n) is 8.15. The Balaban J connectivity index is 0.00000364. The van der Waals surface area contributed by atoms with E-state index in [2.05, 4.69) is 25.5 Å². The van der Waals surface area contributed by atoms with Crippen molar-refractivity contribution in [3.8, 4) is 11.5 Å². The molecule has 0 atom stereocenters. The lowest BCUT2D eigenvalue weighted by Gasteiger charge is -2.17. The summed E-state index contributed by atoms with van der Waals surface area (Å²) in [7, 11) is 3.47. The third-order valence-electron chi connectivity index (χ3n) is 3.46. The molecule has 27 heavy (non-hydrogen) atoms. The maximum atomic E-state index is 12.8. The molecule has 0 radical (unpaired) electrons. The molecule has 2 N–H and O–H groups in total. The van der Waals surface area contributed by atoms with Crippen LogP contribution in [0.2, 0.25) is 0 Å². The van der Waals surface area contributed by atoms with Crippen molar-refractivity contribution in [2.45, 2.75) is 26.6 Å². The summed E-state index contributed by atoms with van der Waals surface area (Å²) >= 11 is 0. The highest BCUT2D eigenvalue weighted by Gasteiger charge is 2.16. The molecule has 150 valence electrons. The summed E-state index contributed by atoms with van der Waals surface area (Å²) in [5.41, 5.74) is 1.54. The molecule has 1 heterocycles. The zero-order chi connectivity index (χ0) is 18.9. The van der Waals surface area contributed by atoms with E-state index in [0.29, 0.717) is 24.7 Å². The molecular weight excluding hydrogens is 471 g/mol. The zero-order valence-corrected chi connectivity index (χ0v) is 17.7. The maximum Gasteiger partial charge on any atom is 0.387 e. The van der Waals surface area contributed by atoms with Crippen LogP contribution in [0.25, 0.3) is 0 Å². The number of nitrogens with zero attached hydrogens (tertiary/aromatic N) is 3. The topological polar surface area (TPSA) is 72.7 Å².